The number of hydrogen-bond donors (Lipinski definition) is 0. The molecule has 0 aliphatic heterocycles. The van der Waals surface area contributed by atoms with Gasteiger partial charge in [-0.05, 0) is 24.1 Å². The maximum Gasteiger partial charge on any atom is 0.116 e. The summed E-state index contributed by atoms with van der Waals surface area (Å²) in [6.45, 7) is 2.04. The van der Waals surface area contributed by atoms with E-state index in [0.717, 1.165) is 11.2 Å². The lowest BCUT2D eigenvalue weighted by Gasteiger charge is -2.03. The fourth-order valence-corrected chi connectivity index (χ4v) is 3.72. The number of thiophene rings is 1. The Morgan fingerprint density at radius 3 is 2.60 bits per heavy atom. The van der Waals surface area contributed by atoms with Crippen LogP contribution in [-0.4, -0.2) is 9.97 Å². The highest BCUT2D eigenvalue weighted by Gasteiger charge is 2.13. The third-order valence-corrected chi connectivity index (χ3v) is 4.79. The van der Waals surface area contributed by atoms with Crippen LogP contribution in [0.15, 0.2) is 54.9 Å². The Morgan fingerprint density at radius 2 is 1.75 bits per heavy atom. The summed E-state index contributed by atoms with van der Waals surface area (Å²) in [6, 6.07) is 16.9. The van der Waals surface area contributed by atoms with Crippen molar-refractivity contribution in [1.82, 2.24) is 9.97 Å². The number of aromatic nitrogens is 2. The second kappa shape index (κ2) is 4.39. The molecule has 0 N–H and O–H groups in total. The zero-order chi connectivity index (χ0) is 13.5. The van der Waals surface area contributed by atoms with Gasteiger partial charge in [0.25, 0.3) is 0 Å². The second-order valence-corrected chi connectivity index (χ2v) is 5.84. The molecule has 2 aromatic carbocycles. The molecule has 3 heteroatoms. The van der Waals surface area contributed by atoms with E-state index in [1.54, 1.807) is 17.7 Å². The standard InChI is InChI=1S/C17H12N2S/c1-11-17-16(19-10-18-11)15-13(8-5-9-14(15)20-17)12-6-3-2-4-7-12/h2-10H,1H3. The van der Waals surface area contributed by atoms with E-state index in [9.17, 15) is 0 Å². The molecule has 4 rings (SSSR count). The molecule has 0 aliphatic carbocycles. The van der Waals surface area contributed by atoms with Gasteiger partial charge in [-0.2, -0.15) is 0 Å². The molecule has 4 aromatic rings. The summed E-state index contributed by atoms with van der Waals surface area (Å²) in [5, 5.41) is 1.24. The van der Waals surface area contributed by atoms with Gasteiger partial charge in [-0.15, -0.1) is 11.3 Å². The molecule has 2 nitrogen and oxygen atoms in total. The van der Waals surface area contributed by atoms with Gasteiger partial charge in [0.15, 0.2) is 0 Å². The third-order valence-electron chi connectivity index (χ3n) is 3.54. The molecule has 0 unspecified atom stereocenters. The van der Waals surface area contributed by atoms with Crippen LogP contribution in [0.1, 0.15) is 5.69 Å². The van der Waals surface area contributed by atoms with Crippen molar-refractivity contribution in [2.45, 2.75) is 6.92 Å². The summed E-state index contributed by atoms with van der Waals surface area (Å²) < 4.78 is 2.45. The van der Waals surface area contributed by atoms with Gasteiger partial charge in [-0.1, -0.05) is 42.5 Å². The number of rotatable bonds is 1. The van der Waals surface area contributed by atoms with Crippen molar-refractivity contribution in [1.29, 1.82) is 0 Å². The molecule has 20 heavy (non-hydrogen) atoms. The first kappa shape index (κ1) is 11.6. The highest BCUT2D eigenvalue weighted by Crippen LogP contribution is 2.39. The van der Waals surface area contributed by atoms with Crippen molar-refractivity contribution in [2.24, 2.45) is 0 Å². The van der Waals surface area contributed by atoms with E-state index >= 15 is 0 Å². The lowest BCUT2D eigenvalue weighted by atomic mass is 10.0. The van der Waals surface area contributed by atoms with Crippen LogP contribution >= 0.6 is 11.3 Å². The summed E-state index contributed by atoms with van der Waals surface area (Å²) in [5.41, 5.74) is 4.59. The number of aryl methyl sites for hydroxylation is 1. The SMILES string of the molecule is Cc1ncnc2c1sc1cccc(-c3ccccc3)c12. The van der Waals surface area contributed by atoms with E-state index in [4.69, 9.17) is 0 Å². The first-order valence-electron chi connectivity index (χ1n) is 6.53. The summed E-state index contributed by atoms with van der Waals surface area (Å²) in [6.07, 6.45) is 1.66. The van der Waals surface area contributed by atoms with E-state index in [1.165, 1.54) is 25.9 Å². The molecule has 0 saturated heterocycles. The third kappa shape index (κ3) is 1.63. The van der Waals surface area contributed by atoms with Crippen LogP contribution < -0.4 is 0 Å². The lowest BCUT2D eigenvalue weighted by molar-refractivity contribution is 1.16. The molecule has 2 aromatic heterocycles. The Morgan fingerprint density at radius 1 is 0.900 bits per heavy atom. The first-order valence-corrected chi connectivity index (χ1v) is 7.34. The molecule has 0 atom stereocenters. The van der Waals surface area contributed by atoms with Gasteiger partial charge in [0.05, 0.1) is 15.9 Å². The van der Waals surface area contributed by atoms with Crippen molar-refractivity contribution in [2.75, 3.05) is 0 Å². The highest BCUT2D eigenvalue weighted by molar-refractivity contribution is 7.26. The molecule has 0 spiro atoms. The van der Waals surface area contributed by atoms with Gasteiger partial charge in [0.1, 0.15) is 6.33 Å². The molecule has 0 radical (unpaired) electrons. The predicted octanol–water partition coefficient (Wildman–Crippen LogP) is 4.82. The Balaban J connectivity index is 2.17. The largest absolute Gasteiger partial charge is 0.240 e. The number of hydrogen-bond acceptors (Lipinski definition) is 3. The van der Waals surface area contributed by atoms with Crippen LogP contribution in [0.5, 0.6) is 0 Å². The van der Waals surface area contributed by atoms with Crippen LogP contribution in [-0.2, 0) is 0 Å². The van der Waals surface area contributed by atoms with E-state index in [1.807, 2.05) is 13.0 Å². The van der Waals surface area contributed by atoms with Gasteiger partial charge >= 0.3 is 0 Å². The Kier molecular flexibility index (Phi) is 2.54. The zero-order valence-electron chi connectivity index (χ0n) is 11.0. The van der Waals surface area contributed by atoms with Crippen LogP contribution in [0.4, 0.5) is 0 Å². The Bertz CT molecular complexity index is 910. The minimum Gasteiger partial charge on any atom is -0.240 e. The lowest BCUT2D eigenvalue weighted by Crippen LogP contribution is -1.84. The average molecular weight is 276 g/mol. The Hall–Kier alpha value is -2.26. The average Bonchev–Trinajstić information content (AvgIpc) is 2.88. The predicted molar refractivity (Wildman–Crippen MR) is 85.1 cm³/mol. The zero-order valence-corrected chi connectivity index (χ0v) is 11.8. The topological polar surface area (TPSA) is 25.8 Å². The van der Waals surface area contributed by atoms with E-state index < -0.39 is 0 Å². The van der Waals surface area contributed by atoms with Gasteiger partial charge in [-0.25, -0.2) is 9.97 Å². The van der Waals surface area contributed by atoms with E-state index in [2.05, 4.69) is 52.4 Å². The number of nitrogens with zero attached hydrogens (tertiary/aromatic N) is 2. The first-order chi connectivity index (χ1) is 9.84. The summed E-state index contributed by atoms with van der Waals surface area (Å²) in [5.74, 6) is 0. The van der Waals surface area contributed by atoms with Crippen molar-refractivity contribution in [3.63, 3.8) is 0 Å². The molecule has 2 heterocycles. The number of benzene rings is 2. The van der Waals surface area contributed by atoms with Gasteiger partial charge in [-0.3, -0.25) is 0 Å². The molecule has 0 bridgehead atoms. The summed E-state index contributed by atoms with van der Waals surface area (Å²) in [4.78, 5) is 8.82. The Labute approximate surface area is 120 Å². The van der Waals surface area contributed by atoms with E-state index in [-0.39, 0.29) is 0 Å². The molecular weight excluding hydrogens is 264 g/mol. The van der Waals surface area contributed by atoms with Crippen LogP contribution in [0.25, 0.3) is 31.4 Å². The second-order valence-electron chi connectivity index (χ2n) is 4.78. The van der Waals surface area contributed by atoms with Crippen LogP contribution in [0.3, 0.4) is 0 Å². The van der Waals surface area contributed by atoms with Crippen LogP contribution in [0, 0.1) is 6.92 Å². The molecule has 0 saturated carbocycles. The normalized spacial score (nSPS) is 11.2. The summed E-state index contributed by atoms with van der Waals surface area (Å²) in [7, 11) is 0. The fraction of sp³-hybridized carbons (Fsp3) is 0.0588. The van der Waals surface area contributed by atoms with Crippen molar-refractivity contribution in [3.05, 3.63) is 60.6 Å². The highest BCUT2D eigenvalue weighted by atomic mass is 32.1. The molecule has 0 amide bonds. The van der Waals surface area contributed by atoms with Crippen molar-refractivity contribution >= 4 is 31.6 Å². The maximum absolute atomic E-state index is 4.52. The van der Waals surface area contributed by atoms with Crippen molar-refractivity contribution < 1.29 is 0 Å². The maximum atomic E-state index is 4.52. The van der Waals surface area contributed by atoms with Crippen molar-refractivity contribution in [3.8, 4) is 11.1 Å². The molecule has 0 fully saturated rings. The summed E-state index contributed by atoms with van der Waals surface area (Å²) >= 11 is 1.77. The smallest absolute Gasteiger partial charge is 0.116 e. The quantitative estimate of drug-likeness (QED) is 0.498. The molecule has 0 aliphatic rings. The molecular formula is C17H12N2S. The van der Waals surface area contributed by atoms with Gasteiger partial charge < -0.3 is 0 Å². The van der Waals surface area contributed by atoms with Gasteiger partial charge in [0.2, 0.25) is 0 Å². The minimum absolute atomic E-state index is 1.05. The monoisotopic (exact) mass is 276 g/mol. The fourth-order valence-electron chi connectivity index (χ4n) is 2.59. The molecule has 96 valence electrons. The van der Waals surface area contributed by atoms with Crippen LogP contribution in [0.2, 0.25) is 0 Å². The van der Waals surface area contributed by atoms with E-state index in [0.29, 0.717) is 0 Å². The van der Waals surface area contributed by atoms with Gasteiger partial charge in [0, 0.05) is 10.1 Å². The number of fused-ring (bicyclic) bond motifs is 3. The minimum atomic E-state index is 1.05.